The van der Waals surface area contributed by atoms with E-state index in [4.69, 9.17) is 18.9 Å². The summed E-state index contributed by atoms with van der Waals surface area (Å²) in [6.07, 6.45) is 0.101. The fourth-order valence-electron chi connectivity index (χ4n) is 2.88. The van der Waals surface area contributed by atoms with Crippen LogP contribution in [0, 0.1) is 20.8 Å². The molecule has 0 aliphatic rings. The van der Waals surface area contributed by atoms with Crippen molar-refractivity contribution in [3.8, 4) is 23.0 Å². The van der Waals surface area contributed by atoms with Crippen LogP contribution in [0.15, 0.2) is 24.3 Å². The van der Waals surface area contributed by atoms with Gasteiger partial charge in [-0.3, -0.25) is 4.79 Å². The van der Waals surface area contributed by atoms with Crippen LogP contribution in [0.1, 0.15) is 22.3 Å². The normalized spacial score (nSPS) is 10.3. The van der Waals surface area contributed by atoms with Crippen molar-refractivity contribution in [1.82, 2.24) is 0 Å². The maximum absolute atomic E-state index is 12.4. The standard InChI is InChI=1S/C20H24O5/c1-12-7-13(2)19(14(3)8-12)25-18(21)11-15-9-16(22-4)20(24-6)17(10-15)23-5/h7-10H,11H2,1-6H3. The number of methoxy groups -OCH3 is 3. The number of esters is 1. The van der Waals surface area contributed by atoms with E-state index in [2.05, 4.69) is 0 Å². The van der Waals surface area contributed by atoms with Gasteiger partial charge in [-0.1, -0.05) is 17.7 Å². The predicted molar refractivity (Wildman–Crippen MR) is 96.1 cm³/mol. The average molecular weight is 344 g/mol. The van der Waals surface area contributed by atoms with E-state index in [9.17, 15) is 4.79 Å². The molecule has 0 fully saturated rings. The lowest BCUT2D eigenvalue weighted by Gasteiger charge is -2.15. The van der Waals surface area contributed by atoms with Crippen molar-refractivity contribution in [3.63, 3.8) is 0 Å². The molecule has 0 aliphatic carbocycles. The maximum Gasteiger partial charge on any atom is 0.315 e. The van der Waals surface area contributed by atoms with Gasteiger partial charge in [0.15, 0.2) is 11.5 Å². The highest BCUT2D eigenvalue weighted by molar-refractivity contribution is 5.76. The highest BCUT2D eigenvalue weighted by atomic mass is 16.5. The van der Waals surface area contributed by atoms with Crippen molar-refractivity contribution in [1.29, 1.82) is 0 Å². The molecule has 2 rings (SSSR count). The van der Waals surface area contributed by atoms with Gasteiger partial charge in [-0.05, 0) is 49.6 Å². The minimum atomic E-state index is -0.343. The molecule has 2 aromatic carbocycles. The van der Waals surface area contributed by atoms with E-state index in [0.717, 1.165) is 22.3 Å². The number of rotatable bonds is 6. The van der Waals surface area contributed by atoms with Crippen molar-refractivity contribution >= 4 is 5.97 Å². The summed E-state index contributed by atoms with van der Waals surface area (Å²) in [7, 11) is 4.62. The Morgan fingerprint density at radius 3 is 1.76 bits per heavy atom. The van der Waals surface area contributed by atoms with Crippen LogP contribution < -0.4 is 18.9 Å². The molecule has 0 radical (unpaired) electrons. The van der Waals surface area contributed by atoms with E-state index in [1.807, 2.05) is 32.9 Å². The van der Waals surface area contributed by atoms with Gasteiger partial charge in [-0.15, -0.1) is 0 Å². The Morgan fingerprint density at radius 1 is 0.800 bits per heavy atom. The van der Waals surface area contributed by atoms with Gasteiger partial charge in [0, 0.05) is 0 Å². The highest BCUT2D eigenvalue weighted by Crippen LogP contribution is 2.38. The van der Waals surface area contributed by atoms with Crippen LogP contribution in [0.25, 0.3) is 0 Å². The van der Waals surface area contributed by atoms with Gasteiger partial charge in [-0.2, -0.15) is 0 Å². The molecular weight excluding hydrogens is 320 g/mol. The number of carbonyl (C=O) groups excluding carboxylic acids is 1. The first-order chi connectivity index (χ1) is 11.9. The molecule has 0 aliphatic heterocycles. The van der Waals surface area contributed by atoms with E-state index >= 15 is 0 Å². The minimum Gasteiger partial charge on any atom is -0.493 e. The number of hydrogen-bond acceptors (Lipinski definition) is 5. The van der Waals surface area contributed by atoms with E-state index in [0.29, 0.717) is 23.0 Å². The zero-order valence-electron chi connectivity index (χ0n) is 15.6. The van der Waals surface area contributed by atoms with Crippen LogP contribution >= 0.6 is 0 Å². The van der Waals surface area contributed by atoms with Crippen molar-refractivity contribution in [3.05, 3.63) is 46.5 Å². The largest absolute Gasteiger partial charge is 0.493 e. The van der Waals surface area contributed by atoms with E-state index in [-0.39, 0.29) is 12.4 Å². The number of carbonyl (C=O) groups is 1. The Labute approximate surface area is 148 Å². The Bertz CT molecular complexity index is 732. The third kappa shape index (κ3) is 4.24. The first kappa shape index (κ1) is 18.6. The topological polar surface area (TPSA) is 54.0 Å². The van der Waals surface area contributed by atoms with E-state index in [1.165, 1.54) is 7.11 Å². The van der Waals surface area contributed by atoms with Crippen LogP contribution in [-0.2, 0) is 11.2 Å². The van der Waals surface area contributed by atoms with Crippen molar-refractivity contribution in [2.75, 3.05) is 21.3 Å². The molecule has 0 heterocycles. The summed E-state index contributed by atoms with van der Waals surface area (Å²) >= 11 is 0. The minimum absolute atomic E-state index is 0.101. The van der Waals surface area contributed by atoms with Crippen LogP contribution in [0.5, 0.6) is 23.0 Å². The lowest BCUT2D eigenvalue weighted by molar-refractivity contribution is -0.133. The lowest BCUT2D eigenvalue weighted by atomic mass is 10.1. The fourth-order valence-corrected chi connectivity index (χ4v) is 2.88. The molecule has 0 saturated carbocycles. The number of aryl methyl sites for hydroxylation is 3. The number of hydrogen-bond donors (Lipinski definition) is 0. The van der Waals surface area contributed by atoms with Crippen LogP contribution in [0.4, 0.5) is 0 Å². The molecule has 5 nitrogen and oxygen atoms in total. The summed E-state index contributed by atoms with van der Waals surface area (Å²) in [6.45, 7) is 5.88. The summed E-state index contributed by atoms with van der Waals surface area (Å²) in [6, 6.07) is 7.49. The third-order valence-electron chi connectivity index (χ3n) is 3.89. The molecule has 0 aromatic heterocycles. The Morgan fingerprint density at radius 2 is 1.32 bits per heavy atom. The molecular formula is C20H24O5. The monoisotopic (exact) mass is 344 g/mol. The van der Waals surface area contributed by atoms with E-state index < -0.39 is 0 Å². The molecule has 0 unspecified atom stereocenters. The summed E-state index contributed by atoms with van der Waals surface area (Å²) in [5.41, 5.74) is 3.74. The fraction of sp³-hybridized carbons (Fsp3) is 0.350. The molecule has 0 atom stereocenters. The molecule has 0 N–H and O–H groups in total. The average Bonchev–Trinajstić information content (AvgIpc) is 2.57. The van der Waals surface area contributed by atoms with Gasteiger partial charge in [0.25, 0.3) is 0 Å². The Balaban J connectivity index is 2.24. The zero-order chi connectivity index (χ0) is 18.6. The van der Waals surface area contributed by atoms with Crippen LogP contribution in [0.3, 0.4) is 0 Å². The molecule has 0 bridgehead atoms. The Kier molecular flexibility index (Phi) is 5.91. The van der Waals surface area contributed by atoms with Gasteiger partial charge in [0.1, 0.15) is 5.75 Å². The van der Waals surface area contributed by atoms with Crippen LogP contribution in [0.2, 0.25) is 0 Å². The molecule has 5 heteroatoms. The molecule has 134 valence electrons. The second kappa shape index (κ2) is 7.92. The van der Waals surface area contributed by atoms with Gasteiger partial charge in [0.05, 0.1) is 27.8 Å². The Hall–Kier alpha value is -2.69. The van der Waals surface area contributed by atoms with Crippen molar-refractivity contribution in [2.45, 2.75) is 27.2 Å². The molecule has 0 spiro atoms. The SMILES string of the molecule is COc1cc(CC(=O)Oc2c(C)cc(C)cc2C)cc(OC)c1OC. The number of benzene rings is 2. The molecule has 0 amide bonds. The summed E-state index contributed by atoms with van der Waals surface area (Å²) < 4.78 is 21.5. The maximum atomic E-state index is 12.4. The first-order valence-corrected chi connectivity index (χ1v) is 7.97. The van der Waals surface area contributed by atoms with Crippen LogP contribution in [-0.4, -0.2) is 27.3 Å². The first-order valence-electron chi connectivity index (χ1n) is 7.97. The van der Waals surface area contributed by atoms with Crippen molar-refractivity contribution in [2.24, 2.45) is 0 Å². The quantitative estimate of drug-likeness (QED) is 0.589. The van der Waals surface area contributed by atoms with Gasteiger partial charge < -0.3 is 18.9 Å². The highest BCUT2D eigenvalue weighted by Gasteiger charge is 2.17. The number of ether oxygens (including phenoxy) is 4. The lowest BCUT2D eigenvalue weighted by Crippen LogP contribution is -2.13. The molecule has 25 heavy (non-hydrogen) atoms. The smallest absolute Gasteiger partial charge is 0.315 e. The summed E-state index contributed by atoms with van der Waals surface area (Å²) in [4.78, 5) is 12.4. The van der Waals surface area contributed by atoms with E-state index in [1.54, 1.807) is 26.4 Å². The van der Waals surface area contributed by atoms with Crippen molar-refractivity contribution < 1.29 is 23.7 Å². The zero-order valence-corrected chi connectivity index (χ0v) is 15.6. The second-order valence-electron chi connectivity index (χ2n) is 5.91. The van der Waals surface area contributed by atoms with Gasteiger partial charge >= 0.3 is 5.97 Å². The molecule has 2 aromatic rings. The summed E-state index contributed by atoms with van der Waals surface area (Å²) in [5, 5.41) is 0. The summed E-state index contributed by atoms with van der Waals surface area (Å²) in [5.74, 6) is 1.78. The van der Waals surface area contributed by atoms with Gasteiger partial charge in [-0.25, -0.2) is 0 Å². The predicted octanol–water partition coefficient (Wildman–Crippen LogP) is 3.79. The second-order valence-corrected chi connectivity index (χ2v) is 5.91. The van der Waals surface area contributed by atoms with Gasteiger partial charge in [0.2, 0.25) is 5.75 Å². The molecule has 0 saturated heterocycles. The third-order valence-corrected chi connectivity index (χ3v) is 3.89.